The molecule has 0 saturated carbocycles. The summed E-state index contributed by atoms with van der Waals surface area (Å²) in [6.07, 6.45) is 0.718. The second-order valence-corrected chi connectivity index (χ2v) is 7.51. The van der Waals surface area contributed by atoms with E-state index in [2.05, 4.69) is 5.32 Å². The van der Waals surface area contributed by atoms with Crippen molar-refractivity contribution in [2.45, 2.75) is 32.4 Å². The third kappa shape index (κ3) is 3.78. The van der Waals surface area contributed by atoms with Gasteiger partial charge in [-0.2, -0.15) is 0 Å². The molecule has 1 aliphatic rings. The van der Waals surface area contributed by atoms with Crippen LogP contribution in [0.15, 0.2) is 29.6 Å². The highest BCUT2D eigenvalue weighted by Crippen LogP contribution is 2.42. The van der Waals surface area contributed by atoms with Crippen LogP contribution < -0.4 is 14.8 Å². The Labute approximate surface area is 163 Å². The van der Waals surface area contributed by atoms with E-state index in [0.717, 1.165) is 22.4 Å². The number of nitrogens with one attached hydrogen (secondary N) is 1. The van der Waals surface area contributed by atoms with Gasteiger partial charge in [0.25, 0.3) is 0 Å². The zero-order valence-corrected chi connectivity index (χ0v) is 16.8. The third-order valence-corrected chi connectivity index (χ3v) is 5.68. The van der Waals surface area contributed by atoms with Gasteiger partial charge in [-0.05, 0) is 48.1 Å². The second kappa shape index (κ2) is 8.00. The molecule has 1 aromatic heterocycles. The van der Waals surface area contributed by atoms with E-state index < -0.39 is 6.04 Å². The quantitative estimate of drug-likeness (QED) is 0.855. The van der Waals surface area contributed by atoms with Crippen LogP contribution in [0.4, 0.5) is 0 Å². The van der Waals surface area contributed by atoms with Crippen LogP contribution in [-0.4, -0.2) is 43.5 Å². The molecule has 0 bridgehead atoms. The summed E-state index contributed by atoms with van der Waals surface area (Å²) in [5.41, 5.74) is 2.17. The van der Waals surface area contributed by atoms with Crippen LogP contribution in [0.3, 0.4) is 0 Å². The van der Waals surface area contributed by atoms with Crippen LogP contribution in [0.2, 0.25) is 0 Å². The molecule has 1 aromatic carbocycles. The number of amides is 2. The molecule has 2 unspecified atom stereocenters. The molecule has 2 aromatic rings. The number of hydrogen-bond acceptors (Lipinski definition) is 5. The van der Waals surface area contributed by atoms with Gasteiger partial charge in [0.1, 0.15) is 6.04 Å². The molecule has 0 radical (unpaired) electrons. The lowest BCUT2D eigenvalue weighted by molar-refractivity contribution is -0.137. The van der Waals surface area contributed by atoms with Crippen molar-refractivity contribution >= 4 is 23.2 Å². The normalized spacial score (nSPS) is 17.0. The molecule has 0 aliphatic carbocycles. The number of rotatable bonds is 5. The fourth-order valence-corrected chi connectivity index (χ4v) is 4.41. The van der Waals surface area contributed by atoms with E-state index in [-0.39, 0.29) is 17.9 Å². The van der Waals surface area contributed by atoms with Gasteiger partial charge < -0.3 is 19.7 Å². The SMILES string of the molecule is COc1cc2c(cc1OC)C(c1cccs1)N(C(=O)C(C)NC(C)=O)CC2. The first kappa shape index (κ1) is 19.2. The third-order valence-electron chi connectivity index (χ3n) is 4.76. The van der Waals surface area contributed by atoms with Crippen molar-refractivity contribution in [2.75, 3.05) is 20.8 Å². The maximum Gasteiger partial charge on any atom is 0.245 e. The molecule has 1 N–H and O–H groups in total. The zero-order chi connectivity index (χ0) is 19.6. The molecule has 0 fully saturated rings. The molecule has 144 valence electrons. The fraction of sp³-hybridized carbons (Fsp3) is 0.400. The van der Waals surface area contributed by atoms with Gasteiger partial charge in [-0.1, -0.05) is 6.07 Å². The Morgan fingerprint density at radius 1 is 1.26 bits per heavy atom. The predicted molar refractivity (Wildman–Crippen MR) is 104 cm³/mol. The van der Waals surface area contributed by atoms with Crippen molar-refractivity contribution in [2.24, 2.45) is 0 Å². The standard InChI is InChI=1S/C20H24N2O4S/c1-12(21-13(2)23)20(24)22-8-7-14-10-16(25-3)17(26-4)11-15(14)19(22)18-6-5-9-27-18/h5-6,9-12,19H,7-8H2,1-4H3,(H,21,23). The maximum absolute atomic E-state index is 13.1. The minimum atomic E-state index is -0.577. The smallest absolute Gasteiger partial charge is 0.245 e. The summed E-state index contributed by atoms with van der Waals surface area (Å²) in [4.78, 5) is 27.4. The Hall–Kier alpha value is -2.54. The van der Waals surface area contributed by atoms with Crippen molar-refractivity contribution in [3.8, 4) is 11.5 Å². The Balaban J connectivity index is 2.05. The number of carbonyl (C=O) groups excluding carboxylic acids is 2. The van der Waals surface area contributed by atoms with Gasteiger partial charge in [0.05, 0.1) is 20.3 Å². The summed E-state index contributed by atoms with van der Waals surface area (Å²) >= 11 is 1.61. The number of carbonyl (C=O) groups is 2. The monoisotopic (exact) mass is 388 g/mol. The van der Waals surface area contributed by atoms with Crippen LogP contribution in [0, 0.1) is 0 Å². The Bertz CT molecular complexity index is 835. The van der Waals surface area contributed by atoms with Crippen LogP contribution >= 0.6 is 11.3 Å². The highest BCUT2D eigenvalue weighted by atomic mass is 32.1. The molecular formula is C20H24N2O4S. The molecule has 27 heavy (non-hydrogen) atoms. The number of hydrogen-bond donors (Lipinski definition) is 1. The van der Waals surface area contributed by atoms with E-state index in [4.69, 9.17) is 9.47 Å². The first-order valence-corrected chi connectivity index (χ1v) is 9.70. The lowest BCUT2D eigenvalue weighted by Crippen LogP contribution is -2.49. The van der Waals surface area contributed by atoms with E-state index in [1.54, 1.807) is 32.5 Å². The minimum Gasteiger partial charge on any atom is -0.493 e. The Morgan fingerprint density at radius 2 is 1.96 bits per heavy atom. The number of methoxy groups -OCH3 is 2. The van der Waals surface area contributed by atoms with Crippen molar-refractivity contribution < 1.29 is 19.1 Å². The van der Waals surface area contributed by atoms with Gasteiger partial charge >= 0.3 is 0 Å². The number of ether oxygens (including phenoxy) is 2. The minimum absolute atomic E-state index is 0.0935. The van der Waals surface area contributed by atoms with E-state index in [0.29, 0.717) is 18.0 Å². The molecule has 2 atom stereocenters. The summed E-state index contributed by atoms with van der Waals surface area (Å²) in [7, 11) is 3.23. The lowest BCUT2D eigenvalue weighted by Gasteiger charge is -2.38. The summed E-state index contributed by atoms with van der Waals surface area (Å²) in [6, 6.07) is 7.18. The van der Waals surface area contributed by atoms with Crippen molar-refractivity contribution in [3.63, 3.8) is 0 Å². The first-order valence-electron chi connectivity index (χ1n) is 8.82. The van der Waals surface area contributed by atoms with Crippen LogP contribution in [0.25, 0.3) is 0 Å². The van der Waals surface area contributed by atoms with Gasteiger partial charge in [0, 0.05) is 18.3 Å². The molecular weight excluding hydrogens is 364 g/mol. The van der Waals surface area contributed by atoms with Gasteiger partial charge in [-0.15, -0.1) is 11.3 Å². The van der Waals surface area contributed by atoms with Crippen molar-refractivity contribution in [3.05, 3.63) is 45.6 Å². The van der Waals surface area contributed by atoms with Gasteiger partial charge in [0.15, 0.2) is 11.5 Å². The molecule has 6 nitrogen and oxygen atoms in total. The lowest BCUT2D eigenvalue weighted by atomic mass is 9.90. The van der Waals surface area contributed by atoms with Gasteiger partial charge in [0.2, 0.25) is 11.8 Å². The van der Waals surface area contributed by atoms with Gasteiger partial charge in [-0.25, -0.2) is 0 Å². The average molecular weight is 388 g/mol. The molecule has 2 amide bonds. The molecule has 1 aliphatic heterocycles. The van der Waals surface area contributed by atoms with E-state index >= 15 is 0 Å². The summed E-state index contributed by atoms with van der Waals surface area (Å²) in [5.74, 6) is 1.02. The Morgan fingerprint density at radius 3 is 2.56 bits per heavy atom. The second-order valence-electron chi connectivity index (χ2n) is 6.53. The highest BCUT2D eigenvalue weighted by Gasteiger charge is 2.35. The number of thiophene rings is 1. The topological polar surface area (TPSA) is 67.9 Å². The van der Waals surface area contributed by atoms with Crippen molar-refractivity contribution in [1.82, 2.24) is 10.2 Å². The maximum atomic E-state index is 13.1. The number of nitrogens with zero attached hydrogens (tertiary/aromatic N) is 1. The summed E-state index contributed by atoms with van der Waals surface area (Å²) < 4.78 is 10.9. The summed E-state index contributed by atoms with van der Waals surface area (Å²) in [6.45, 7) is 3.72. The number of benzene rings is 1. The predicted octanol–water partition coefficient (Wildman–Crippen LogP) is 2.76. The highest BCUT2D eigenvalue weighted by molar-refractivity contribution is 7.10. The number of fused-ring (bicyclic) bond motifs is 1. The van der Waals surface area contributed by atoms with Crippen molar-refractivity contribution in [1.29, 1.82) is 0 Å². The Kier molecular flexibility index (Phi) is 5.70. The largest absolute Gasteiger partial charge is 0.493 e. The first-order chi connectivity index (χ1) is 13.0. The van der Waals surface area contributed by atoms with Crippen LogP contribution in [0.5, 0.6) is 11.5 Å². The van der Waals surface area contributed by atoms with E-state index in [9.17, 15) is 9.59 Å². The molecule has 0 spiro atoms. The molecule has 2 heterocycles. The van der Waals surface area contributed by atoms with E-state index in [1.807, 2.05) is 34.5 Å². The molecule has 0 saturated heterocycles. The summed E-state index contributed by atoms with van der Waals surface area (Å²) in [5, 5.41) is 4.70. The fourth-order valence-electron chi connectivity index (χ4n) is 3.55. The van der Waals surface area contributed by atoms with Crippen LogP contribution in [0.1, 0.15) is 35.9 Å². The van der Waals surface area contributed by atoms with Crippen LogP contribution in [-0.2, 0) is 16.0 Å². The average Bonchev–Trinajstić information content (AvgIpc) is 3.18. The van der Waals surface area contributed by atoms with Gasteiger partial charge in [-0.3, -0.25) is 9.59 Å². The molecule has 3 rings (SSSR count). The molecule has 7 heteroatoms. The zero-order valence-electron chi connectivity index (χ0n) is 15.9. The van der Waals surface area contributed by atoms with E-state index in [1.165, 1.54) is 6.92 Å².